The Morgan fingerprint density at radius 2 is 1.77 bits per heavy atom. The maximum absolute atomic E-state index is 4.40. The van der Waals surface area contributed by atoms with Crippen molar-refractivity contribution < 1.29 is 0 Å². The zero-order valence-electron chi connectivity index (χ0n) is 7.86. The second kappa shape index (κ2) is 3.05. The standard InChI is InChI=1S/C11H12N2/c1-9-8-10(2)13(12-9)11-6-4-3-5-7-11/h3-8H,1-2H3. The topological polar surface area (TPSA) is 17.8 Å². The molecule has 2 heteroatoms. The molecule has 0 fully saturated rings. The van der Waals surface area contributed by atoms with Gasteiger partial charge in [-0.2, -0.15) is 5.10 Å². The second-order valence-electron chi connectivity index (χ2n) is 3.17. The van der Waals surface area contributed by atoms with E-state index in [4.69, 9.17) is 0 Å². The van der Waals surface area contributed by atoms with Gasteiger partial charge in [0.2, 0.25) is 0 Å². The summed E-state index contributed by atoms with van der Waals surface area (Å²) in [5.41, 5.74) is 3.35. The van der Waals surface area contributed by atoms with Gasteiger partial charge in [0, 0.05) is 5.69 Å². The van der Waals surface area contributed by atoms with Crippen molar-refractivity contribution in [1.29, 1.82) is 0 Å². The number of aryl methyl sites for hydroxylation is 2. The van der Waals surface area contributed by atoms with Gasteiger partial charge in [-0.15, -0.1) is 0 Å². The van der Waals surface area contributed by atoms with Crippen LogP contribution in [0.1, 0.15) is 11.4 Å². The minimum Gasteiger partial charge on any atom is -0.238 e. The molecule has 2 aromatic rings. The van der Waals surface area contributed by atoms with E-state index in [0.717, 1.165) is 11.4 Å². The van der Waals surface area contributed by atoms with Crippen LogP contribution in [0.15, 0.2) is 36.4 Å². The summed E-state index contributed by atoms with van der Waals surface area (Å²) in [4.78, 5) is 0. The predicted molar refractivity (Wildman–Crippen MR) is 53.0 cm³/mol. The first-order chi connectivity index (χ1) is 6.27. The first kappa shape index (κ1) is 8.05. The van der Waals surface area contributed by atoms with Crippen LogP contribution in [0.25, 0.3) is 5.69 Å². The lowest BCUT2D eigenvalue weighted by atomic mass is 10.3. The molecule has 1 aromatic heterocycles. The molecule has 0 radical (unpaired) electrons. The van der Waals surface area contributed by atoms with Crippen molar-refractivity contribution in [3.05, 3.63) is 47.8 Å². The van der Waals surface area contributed by atoms with Crippen LogP contribution in [0.2, 0.25) is 0 Å². The van der Waals surface area contributed by atoms with Crippen molar-refractivity contribution in [2.45, 2.75) is 13.8 Å². The van der Waals surface area contributed by atoms with Crippen molar-refractivity contribution >= 4 is 0 Å². The van der Waals surface area contributed by atoms with Gasteiger partial charge in [0.25, 0.3) is 0 Å². The van der Waals surface area contributed by atoms with Gasteiger partial charge < -0.3 is 0 Å². The summed E-state index contributed by atoms with van der Waals surface area (Å²) in [6, 6.07) is 12.2. The van der Waals surface area contributed by atoms with Gasteiger partial charge in [0.1, 0.15) is 0 Å². The number of hydrogen-bond donors (Lipinski definition) is 0. The van der Waals surface area contributed by atoms with E-state index < -0.39 is 0 Å². The lowest BCUT2D eigenvalue weighted by molar-refractivity contribution is 0.833. The average molecular weight is 172 g/mol. The van der Waals surface area contributed by atoms with Gasteiger partial charge >= 0.3 is 0 Å². The summed E-state index contributed by atoms with van der Waals surface area (Å²) in [6.07, 6.45) is 0. The van der Waals surface area contributed by atoms with Gasteiger partial charge in [-0.25, -0.2) is 4.68 Å². The van der Waals surface area contributed by atoms with E-state index in [1.807, 2.05) is 29.8 Å². The largest absolute Gasteiger partial charge is 0.238 e. The normalized spacial score (nSPS) is 10.3. The van der Waals surface area contributed by atoms with Crippen LogP contribution < -0.4 is 0 Å². The summed E-state index contributed by atoms with van der Waals surface area (Å²) >= 11 is 0. The fraction of sp³-hybridized carbons (Fsp3) is 0.182. The minimum atomic E-state index is 1.06. The Labute approximate surface area is 77.8 Å². The molecule has 1 aromatic carbocycles. The van der Waals surface area contributed by atoms with Crippen molar-refractivity contribution in [2.24, 2.45) is 0 Å². The summed E-state index contributed by atoms with van der Waals surface area (Å²) in [7, 11) is 0. The Morgan fingerprint density at radius 3 is 2.31 bits per heavy atom. The van der Waals surface area contributed by atoms with Gasteiger partial charge in [0.15, 0.2) is 0 Å². The predicted octanol–water partition coefficient (Wildman–Crippen LogP) is 2.49. The fourth-order valence-electron chi connectivity index (χ4n) is 1.46. The van der Waals surface area contributed by atoms with Crippen molar-refractivity contribution in [2.75, 3.05) is 0 Å². The third-order valence-corrected chi connectivity index (χ3v) is 2.01. The monoisotopic (exact) mass is 172 g/mol. The Bertz CT molecular complexity index is 401. The van der Waals surface area contributed by atoms with Crippen molar-refractivity contribution in [3.8, 4) is 5.69 Å². The highest BCUT2D eigenvalue weighted by molar-refractivity contribution is 5.32. The minimum absolute atomic E-state index is 1.06. The highest BCUT2D eigenvalue weighted by atomic mass is 15.3. The second-order valence-corrected chi connectivity index (χ2v) is 3.17. The maximum Gasteiger partial charge on any atom is 0.0648 e. The molecule has 0 unspecified atom stereocenters. The molecule has 1 heterocycles. The third-order valence-electron chi connectivity index (χ3n) is 2.01. The Hall–Kier alpha value is -1.57. The molecule has 0 aliphatic carbocycles. The van der Waals surface area contributed by atoms with E-state index >= 15 is 0 Å². The Balaban J connectivity index is 2.53. The Morgan fingerprint density at radius 1 is 1.08 bits per heavy atom. The molecule has 2 nitrogen and oxygen atoms in total. The van der Waals surface area contributed by atoms with Gasteiger partial charge in [-0.3, -0.25) is 0 Å². The molecule has 0 amide bonds. The highest BCUT2D eigenvalue weighted by Crippen LogP contribution is 2.10. The number of hydrogen-bond acceptors (Lipinski definition) is 1. The molecule has 0 bridgehead atoms. The van der Waals surface area contributed by atoms with Crippen LogP contribution >= 0.6 is 0 Å². The summed E-state index contributed by atoms with van der Waals surface area (Å²) in [5, 5.41) is 4.40. The number of nitrogens with zero attached hydrogens (tertiary/aromatic N) is 2. The van der Waals surface area contributed by atoms with Gasteiger partial charge in [-0.1, -0.05) is 18.2 Å². The number of benzene rings is 1. The van der Waals surface area contributed by atoms with E-state index in [2.05, 4.69) is 30.2 Å². The third kappa shape index (κ3) is 1.47. The molecule has 13 heavy (non-hydrogen) atoms. The molecule has 0 aliphatic rings. The first-order valence-corrected chi connectivity index (χ1v) is 4.36. The molecular formula is C11H12N2. The van der Waals surface area contributed by atoms with Crippen molar-refractivity contribution in [3.63, 3.8) is 0 Å². The quantitative estimate of drug-likeness (QED) is 0.646. The SMILES string of the molecule is Cc1cc(C)n(-c2ccccc2)n1. The summed E-state index contributed by atoms with van der Waals surface area (Å²) in [5.74, 6) is 0. The van der Waals surface area contributed by atoms with E-state index in [-0.39, 0.29) is 0 Å². The fourth-order valence-corrected chi connectivity index (χ4v) is 1.46. The molecular weight excluding hydrogens is 160 g/mol. The van der Waals surface area contributed by atoms with Crippen LogP contribution in [-0.2, 0) is 0 Å². The van der Waals surface area contributed by atoms with Crippen LogP contribution in [0.3, 0.4) is 0 Å². The molecule has 0 saturated carbocycles. The molecule has 2 rings (SSSR count). The molecule has 0 N–H and O–H groups in total. The molecule has 0 saturated heterocycles. The lowest BCUT2D eigenvalue weighted by Gasteiger charge is -2.02. The van der Waals surface area contributed by atoms with E-state index in [9.17, 15) is 0 Å². The number of aromatic nitrogens is 2. The van der Waals surface area contributed by atoms with Crippen LogP contribution in [-0.4, -0.2) is 9.78 Å². The molecule has 0 spiro atoms. The summed E-state index contributed by atoms with van der Waals surface area (Å²) in [6.45, 7) is 4.07. The number of para-hydroxylation sites is 1. The first-order valence-electron chi connectivity index (χ1n) is 4.36. The molecule has 0 atom stereocenters. The highest BCUT2D eigenvalue weighted by Gasteiger charge is 2.01. The Kier molecular flexibility index (Phi) is 1.89. The van der Waals surface area contributed by atoms with Crippen LogP contribution in [0, 0.1) is 13.8 Å². The van der Waals surface area contributed by atoms with E-state index in [1.165, 1.54) is 5.69 Å². The van der Waals surface area contributed by atoms with Crippen molar-refractivity contribution in [1.82, 2.24) is 9.78 Å². The van der Waals surface area contributed by atoms with Gasteiger partial charge in [0.05, 0.1) is 11.4 Å². The maximum atomic E-state index is 4.40. The zero-order chi connectivity index (χ0) is 9.26. The van der Waals surface area contributed by atoms with Crippen LogP contribution in [0.5, 0.6) is 0 Å². The van der Waals surface area contributed by atoms with Gasteiger partial charge in [-0.05, 0) is 32.0 Å². The van der Waals surface area contributed by atoms with Crippen LogP contribution in [0.4, 0.5) is 0 Å². The lowest BCUT2D eigenvalue weighted by Crippen LogP contribution is -1.97. The molecule has 0 aliphatic heterocycles. The zero-order valence-corrected chi connectivity index (χ0v) is 7.86. The summed E-state index contributed by atoms with van der Waals surface area (Å²) < 4.78 is 1.95. The average Bonchev–Trinajstić information content (AvgIpc) is 2.47. The number of rotatable bonds is 1. The molecule has 66 valence electrons. The van der Waals surface area contributed by atoms with E-state index in [0.29, 0.717) is 0 Å². The van der Waals surface area contributed by atoms with E-state index in [1.54, 1.807) is 0 Å². The smallest absolute Gasteiger partial charge is 0.0648 e.